The molecule has 1 fully saturated rings. The third kappa shape index (κ3) is 3.81. The van der Waals surface area contributed by atoms with Crippen LogP contribution in [-0.2, 0) is 6.54 Å². The molecule has 5 heteroatoms. The summed E-state index contributed by atoms with van der Waals surface area (Å²) in [6, 6.07) is 2.20. The SMILES string of the molecule is CCCN1CCC(NCc2ccoc2C(=O)O)CC1. The van der Waals surface area contributed by atoms with Crippen molar-refractivity contribution in [2.75, 3.05) is 19.6 Å². The average molecular weight is 266 g/mol. The van der Waals surface area contributed by atoms with Gasteiger partial charge in [0.05, 0.1) is 6.26 Å². The van der Waals surface area contributed by atoms with Gasteiger partial charge in [-0.15, -0.1) is 0 Å². The van der Waals surface area contributed by atoms with Crippen LogP contribution in [0.1, 0.15) is 42.3 Å². The van der Waals surface area contributed by atoms with Crippen LogP contribution in [0.3, 0.4) is 0 Å². The number of carboxylic acids is 1. The third-order valence-corrected chi connectivity index (χ3v) is 3.65. The van der Waals surface area contributed by atoms with Gasteiger partial charge in [0.1, 0.15) is 0 Å². The van der Waals surface area contributed by atoms with Gasteiger partial charge in [0.25, 0.3) is 0 Å². The summed E-state index contributed by atoms with van der Waals surface area (Å²) < 4.78 is 4.97. The number of piperidine rings is 1. The van der Waals surface area contributed by atoms with Gasteiger partial charge in [0.15, 0.2) is 0 Å². The Bertz CT molecular complexity index is 409. The molecule has 0 radical (unpaired) electrons. The molecule has 1 aliphatic heterocycles. The molecule has 2 rings (SSSR count). The van der Waals surface area contributed by atoms with Crippen molar-refractivity contribution >= 4 is 5.97 Å². The fourth-order valence-corrected chi connectivity index (χ4v) is 2.59. The van der Waals surface area contributed by atoms with Crippen LogP contribution in [0.5, 0.6) is 0 Å². The molecule has 1 aliphatic rings. The molecule has 106 valence electrons. The molecule has 2 heterocycles. The van der Waals surface area contributed by atoms with E-state index in [9.17, 15) is 4.79 Å². The zero-order valence-electron chi connectivity index (χ0n) is 11.4. The molecule has 0 amide bonds. The third-order valence-electron chi connectivity index (χ3n) is 3.65. The summed E-state index contributed by atoms with van der Waals surface area (Å²) in [5.74, 6) is -0.949. The first-order valence-corrected chi connectivity index (χ1v) is 6.96. The zero-order valence-corrected chi connectivity index (χ0v) is 11.4. The van der Waals surface area contributed by atoms with Gasteiger partial charge in [-0.1, -0.05) is 6.92 Å². The number of hydrogen-bond acceptors (Lipinski definition) is 4. The van der Waals surface area contributed by atoms with Gasteiger partial charge in [-0.3, -0.25) is 0 Å². The van der Waals surface area contributed by atoms with Gasteiger partial charge < -0.3 is 19.7 Å². The fourth-order valence-electron chi connectivity index (χ4n) is 2.59. The van der Waals surface area contributed by atoms with Crippen molar-refractivity contribution in [3.05, 3.63) is 23.7 Å². The number of rotatable bonds is 6. The first-order valence-electron chi connectivity index (χ1n) is 6.96. The Morgan fingerprint density at radius 2 is 2.26 bits per heavy atom. The lowest BCUT2D eigenvalue weighted by Gasteiger charge is -2.32. The quantitative estimate of drug-likeness (QED) is 0.823. The second kappa shape index (κ2) is 6.73. The molecule has 5 nitrogen and oxygen atoms in total. The second-order valence-electron chi connectivity index (χ2n) is 5.08. The molecule has 0 saturated carbocycles. The topological polar surface area (TPSA) is 65.7 Å². The monoisotopic (exact) mass is 266 g/mol. The highest BCUT2D eigenvalue weighted by molar-refractivity contribution is 5.86. The fraction of sp³-hybridized carbons (Fsp3) is 0.643. The predicted octanol–water partition coefficient (Wildman–Crippen LogP) is 1.94. The molecular weight excluding hydrogens is 244 g/mol. The molecule has 1 aromatic rings. The van der Waals surface area contributed by atoms with Crippen LogP contribution in [-0.4, -0.2) is 41.7 Å². The van der Waals surface area contributed by atoms with Crippen LogP contribution in [0.2, 0.25) is 0 Å². The minimum atomic E-state index is -1.00. The Balaban J connectivity index is 1.77. The van der Waals surface area contributed by atoms with Crippen LogP contribution in [0.15, 0.2) is 16.7 Å². The average Bonchev–Trinajstić information content (AvgIpc) is 2.87. The van der Waals surface area contributed by atoms with E-state index in [1.54, 1.807) is 6.07 Å². The Hall–Kier alpha value is -1.33. The minimum absolute atomic E-state index is 0.0518. The van der Waals surface area contributed by atoms with E-state index in [0.29, 0.717) is 12.6 Å². The first kappa shape index (κ1) is 14.1. The number of furan rings is 1. The van der Waals surface area contributed by atoms with Gasteiger partial charge in [0, 0.05) is 18.2 Å². The molecule has 0 unspecified atom stereocenters. The number of hydrogen-bond donors (Lipinski definition) is 2. The number of nitrogens with one attached hydrogen (secondary N) is 1. The van der Waals surface area contributed by atoms with Crippen molar-refractivity contribution in [3.63, 3.8) is 0 Å². The summed E-state index contributed by atoms with van der Waals surface area (Å²) >= 11 is 0. The van der Waals surface area contributed by atoms with E-state index in [1.165, 1.54) is 19.2 Å². The normalized spacial score (nSPS) is 17.7. The second-order valence-corrected chi connectivity index (χ2v) is 5.08. The van der Waals surface area contributed by atoms with Crippen molar-refractivity contribution in [2.24, 2.45) is 0 Å². The van der Waals surface area contributed by atoms with Gasteiger partial charge in [-0.25, -0.2) is 4.79 Å². The summed E-state index contributed by atoms with van der Waals surface area (Å²) in [7, 11) is 0. The zero-order chi connectivity index (χ0) is 13.7. The van der Waals surface area contributed by atoms with Crippen molar-refractivity contribution < 1.29 is 14.3 Å². The van der Waals surface area contributed by atoms with Crippen molar-refractivity contribution in [1.82, 2.24) is 10.2 Å². The molecule has 1 aromatic heterocycles. The van der Waals surface area contributed by atoms with Gasteiger partial charge in [-0.2, -0.15) is 0 Å². The maximum Gasteiger partial charge on any atom is 0.372 e. The lowest BCUT2D eigenvalue weighted by molar-refractivity contribution is 0.0660. The van der Waals surface area contributed by atoms with Crippen LogP contribution in [0.4, 0.5) is 0 Å². The highest BCUT2D eigenvalue weighted by Crippen LogP contribution is 2.14. The lowest BCUT2D eigenvalue weighted by Crippen LogP contribution is -2.42. The molecule has 1 saturated heterocycles. The maximum atomic E-state index is 10.9. The standard InChI is InChI=1S/C14H22N2O3/c1-2-6-16-7-3-12(4-8-16)15-10-11-5-9-19-13(11)14(17)18/h5,9,12,15H,2-4,6-8,10H2,1H3,(H,17,18). The highest BCUT2D eigenvalue weighted by atomic mass is 16.4. The van der Waals surface area contributed by atoms with E-state index in [0.717, 1.165) is 31.5 Å². The first-order chi connectivity index (χ1) is 9.20. The van der Waals surface area contributed by atoms with Gasteiger partial charge in [-0.05, 0) is 45.0 Å². The molecule has 19 heavy (non-hydrogen) atoms. The van der Waals surface area contributed by atoms with E-state index in [-0.39, 0.29) is 5.76 Å². The van der Waals surface area contributed by atoms with E-state index in [4.69, 9.17) is 9.52 Å². The molecule has 0 spiro atoms. The van der Waals surface area contributed by atoms with Crippen molar-refractivity contribution in [3.8, 4) is 0 Å². The van der Waals surface area contributed by atoms with Crippen molar-refractivity contribution in [1.29, 1.82) is 0 Å². The van der Waals surface area contributed by atoms with Crippen LogP contribution < -0.4 is 5.32 Å². The largest absolute Gasteiger partial charge is 0.475 e. The Morgan fingerprint density at radius 3 is 2.89 bits per heavy atom. The van der Waals surface area contributed by atoms with Crippen LogP contribution >= 0.6 is 0 Å². The Kier molecular flexibility index (Phi) is 4.99. The molecule has 0 aromatic carbocycles. The van der Waals surface area contributed by atoms with Gasteiger partial charge in [0.2, 0.25) is 5.76 Å². The Morgan fingerprint density at radius 1 is 1.53 bits per heavy atom. The minimum Gasteiger partial charge on any atom is -0.475 e. The lowest BCUT2D eigenvalue weighted by atomic mass is 10.0. The Labute approximate surface area is 113 Å². The summed E-state index contributed by atoms with van der Waals surface area (Å²) in [5.41, 5.74) is 0.725. The van der Waals surface area contributed by atoms with Crippen LogP contribution in [0, 0.1) is 0 Å². The van der Waals surface area contributed by atoms with E-state index in [2.05, 4.69) is 17.1 Å². The number of likely N-dealkylation sites (tertiary alicyclic amines) is 1. The van der Waals surface area contributed by atoms with E-state index >= 15 is 0 Å². The van der Waals surface area contributed by atoms with E-state index in [1.807, 2.05) is 0 Å². The molecule has 0 bridgehead atoms. The number of aromatic carboxylic acids is 1. The number of carboxylic acid groups (broad SMARTS) is 1. The number of carbonyl (C=O) groups is 1. The number of nitrogens with zero attached hydrogens (tertiary/aromatic N) is 1. The summed E-state index contributed by atoms with van der Waals surface area (Å²) in [4.78, 5) is 13.4. The predicted molar refractivity (Wildman–Crippen MR) is 72.3 cm³/mol. The highest BCUT2D eigenvalue weighted by Gasteiger charge is 2.19. The van der Waals surface area contributed by atoms with E-state index < -0.39 is 5.97 Å². The smallest absolute Gasteiger partial charge is 0.372 e. The molecule has 2 N–H and O–H groups in total. The van der Waals surface area contributed by atoms with Gasteiger partial charge >= 0.3 is 5.97 Å². The maximum absolute atomic E-state index is 10.9. The van der Waals surface area contributed by atoms with Crippen molar-refractivity contribution in [2.45, 2.75) is 38.8 Å². The molecular formula is C14H22N2O3. The summed E-state index contributed by atoms with van der Waals surface area (Å²) in [5, 5.41) is 12.4. The summed E-state index contributed by atoms with van der Waals surface area (Å²) in [6.07, 6.45) is 4.89. The summed E-state index contributed by atoms with van der Waals surface area (Å²) in [6.45, 7) is 6.20. The molecule has 0 aliphatic carbocycles. The van der Waals surface area contributed by atoms with Crippen LogP contribution in [0.25, 0.3) is 0 Å². The molecule has 0 atom stereocenters.